The molecular formula is C16H23NO2. The number of aliphatic hydroxyl groups is 1. The van der Waals surface area contributed by atoms with Gasteiger partial charge in [-0.3, -0.25) is 0 Å². The molecule has 0 amide bonds. The van der Waals surface area contributed by atoms with E-state index in [-0.39, 0.29) is 0 Å². The smallest absolute Gasteiger partial charge is 0.136 e. The van der Waals surface area contributed by atoms with Crippen LogP contribution in [0.4, 0.5) is 0 Å². The van der Waals surface area contributed by atoms with Crippen molar-refractivity contribution in [2.75, 3.05) is 6.54 Å². The standard InChI is InChI=1S/C16H23NO2/c1-11(2)17-8-7-16(4,18)15-10-13-9-12(3)5-6-14(13)19-15/h5-6,9-11,17-18H,7-8H2,1-4H3. The molecule has 1 atom stereocenters. The lowest BCUT2D eigenvalue weighted by Gasteiger charge is -2.21. The Morgan fingerprint density at radius 3 is 2.74 bits per heavy atom. The lowest BCUT2D eigenvalue weighted by Crippen LogP contribution is -2.30. The highest BCUT2D eigenvalue weighted by atomic mass is 16.4. The quantitative estimate of drug-likeness (QED) is 0.867. The first-order chi connectivity index (χ1) is 8.88. The van der Waals surface area contributed by atoms with E-state index in [1.54, 1.807) is 6.92 Å². The van der Waals surface area contributed by atoms with E-state index >= 15 is 0 Å². The van der Waals surface area contributed by atoms with Gasteiger partial charge in [0.2, 0.25) is 0 Å². The van der Waals surface area contributed by atoms with Crippen LogP contribution in [0.25, 0.3) is 11.0 Å². The first-order valence-corrected chi connectivity index (χ1v) is 6.85. The average molecular weight is 261 g/mol. The molecule has 0 bridgehead atoms. The molecular weight excluding hydrogens is 238 g/mol. The van der Waals surface area contributed by atoms with E-state index in [0.717, 1.165) is 17.5 Å². The van der Waals surface area contributed by atoms with Gasteiger partial charge in [0.05, 0.1) is 0 Å². The zero-order valence-corrected chi connectivity index (χ0v) is 12.2. The van der Waals surface area contributed by atoms with E-state index in [1.807, 2.05) is 18.2 Å². The van der Waals surface area contributed by atoms with Crippen LogP contribution in [0, 0.1) is 6.92 Å². The Kier molecular flexibility index (Phi) is 3.97. The summed E-state index contributed by atoms with van der Waals surface area (Å²) in [5, 5.41) is 14.9. The Bertz CT molecular complexity index is 555. The van der Waals surface area contributed by atoms with Crippen LogP contribution in [0.5, 0.6) is 0 Å². The maximum Gasteiger partial charge on any atom is 0.136 e. The van der Waals surface area contributed by atoms with Gasteiger partial charge in [-0.05, 0) is 45.0 Å². The third-order valence-electron chi connectivity index (χ3n) is 3.37. The Hall–Kier alpha value is -1.32. The molecule has 2 aromatic rings. The SMILES string of the molecule is Cc1ccc2oc(C(C)(O)CCNC(C)C)cc2c1. The predicted octanol–water partition coefficient (Wildman–Crippen LogP) is 3.34. The van der Waals surface area contributed by atoms with E-state index in [1.165, 1.54) is 5.56 Å². The van der Waals surface area contributed by atoms with Gasteiger partial charge in [-0.25, -0.2) is 0 Å². The average Bonchev–Trinajstić information content (AvgIpc) is 2.71. The fourth-order valence-corrected chi connectivity index (χ4v) is 2.16. The van der Waals surface area contributed by atoms with Gasteiger partial charge in [0.15, 0.2) is 0 Å². The molecule has 3 heteroatoms. The minimum Gasteiger partial charge on any atom is -0.458 e. The lowest BCUT2D eigenvalue weighted by atomic mass is 9.98. The van der Waals surface area contributed by atoms with Gasteiger partial charge in [-0.2, -0.15) is 0 Å². The number of nitrogens with one attached hydrogen (secondary N) is 1. The van der Waals surface area contributed by atoms with Crippen LogP contribution >= 0.6 is 0 Å². The Morgan fingerprint density at radius 1 is 1.32 bits per heavy atom. The summed E-state index contributed by atoms with van der Waals surface area (Å²) < 4.78 is 5.77. The number of hydrogen-bond donors (Lipinski definition) is 2. The van der Waals surface area contributed by atoms with Crippen LogP contribution in [-0.4, -0.2) is 17.7 Å². The molecule has 1 unspecified atom stereocenters. The van der Waals surface area contributed by atoms with Crippen LogP contribution in [0.3, 0.4) is 0 Å². The van der Waals surface area contributed by atoms with Gasteiger partial charge < -0.3 is 14.8 Å². The first kappa shape index (κ1) is 14.1. The Labute approximate surface area is 114 Å². The van der Waals surface area contributed by atoms with Crippen molar-refractivity contribution in [3.05, 3.63) is 35.6 Å². The van der Waals surface area contributed by atoms with Crippen LogP contribution in [0.2, 0.25) is 0 Å². The minimum absolute atomic E-state index is 0.425. The molecule has 1 heterocycles. The highest BCUT2D eigenvalue weighted by molar-refractivity contribution is 5.78. The predicted molar refractivity (Wildman–Crippen MR) is 78.3 cm³/mol. The van der Waals surface area contributed by atoms with Crippen molar-refractivity contribution in [1.82, 2.24) is 5.32 Å². The summed E-state index contributed by atoms with van der Waals surface area (Å²) in [4.78, 5) is 0. The van der Waals surface area contributed by atoms with Gasteiger partial charge in [0.1, 0.15) is 16.9 Å². The van der Waals surface area contributed by atoms with Gasteiger partial charge in [-0.15, -0.1) is 0 Å². The number of furan rings is 1. The second-order valence-electron chi connectivity index (χ2n) is 5.78. The van der Waals surface area contributed by atoms with Crippen molar-refractivity contribution in [3.63, 3.8) is 0 Å². The van der Waals surface area contributed by atoms with E-state index in [4.69, 9.17) is 4.42 Å². The van der Waals surface area contributed by atoms with Gasteiger partial charge >= 0.3 is 0 Å². The monoisotopic (exact) mass is 261 g/mol. The topological polar surface area (TPSA) is 45.4 Å². The van der Waals surface area contributed by atoms with Crippen molar-refractivity contribution in [2.24, 2.45) is 0 Å². The number of benzene rings is 1. The largest absolute Gasteiger partial charge is 0.458 e. The fourth-order valence-electron chi connectivity index (χ4n) is 2.16. The highest BCUT2D eigenvalue weighted by Crippen LogP contribution is 2.30. The van der Waals surface area contributed by atoms with Crippen molar-refractivity contribution < 1.29 is 9.52 Å². The summed E-state index contributed by atoms with van der Waals surface area (Å²) in [6.45, 7) is 8.81. The van der Waals surface area contributed by atoms with E-state index in [2.05, 4.69) is 32.2 Å². The van der Waals surface area contributed by atoms with Crippen molar-refractivity contribution in [2.45, 2.75) is 45.8 Å². The molecule has 1 aromatic heterocycles. The molecule has 2 rings (SSSR count). The maximum atomic E-state index is 10.5. The maximum absolute atomic E-state index is 10.5. The summed E-state index contributed by atoms with van der Waals surface area (Å²) in [7, 11) is 0. The molecule has 0 aliphatic carbocycles. The molecule has 3 nitrogen and oxygen atoms in total. The first-order valence-electron chi connectivity index (χ1n) is 6.85. The zero-order chi connectivity index (χ0) is 14.0. The van der Waals surface area contributed by atoms with Crippen molar-refractivity contribution in [3.8, 4) is 0 Å². The van der Waals surface area contributed by atoms with E-state index < -0.39 is 5.60 Å². The fraction of sp³-hybridized carbons (Fsp3) is 0.500. The summed E-state index contributed by atoms with van der Waals surface area (Å²) in [5.41, 5.74) is 1.09. The molecule has 0 aliphatic rings. The summed E-state index contributed by atoms with van der Waals surface area (Å²) in [6.07, 6.45) is 0.629. The Morgan fingerprint density at radius 2 is 2.05 bits per heavy atom. The zero-order valence-electron chi connectivity index (χ0n) is 12.2. The summed E-state index contributed by atoms with van der Waals surface area (Å²) in [6, 6.07) is 8.41. The van der Waals surface area contributed by atoms with Crippen LogP contribution in [0.1, 0.15) is 38.5 Å². The molecule has 0 aliphatic heterocycles. The van der Waals surface area contributed by atoms with E-state index in [0.29, 0.717) is 18.2 Å². The summed E-state index contributed by atoms with van der Waals surface area (Å²) in [5.74, 6) is 0.638. The second-order valence-corrected chi connectivity index (χ2v) is 5.78. The summed E-state index contributed by atoms with van der Waals surface area (Å²) >= 11 is 0. The minimum atomic E-state index is -0.936. The van der Waals surface area contributed by atoms with Crippen molar-refractivity contribution >= 4 is 11.0 Å². The van der Waals surface area contributed by atoms with Crippen LogP contribution in [0.15, 0.2) is 28.7 Å². The van der Waals surface area contributed by atoms with Crippen LogP contribution in [-0.2, 0) is 5.60 Å². The van der Waals surface area contributed by atoms with Gasteiger partial charge in [-0.1, -0.05) is 25.5 Å². The number of fused-ring (bicyclic) bond motifs is 1. The molecule has 0 saturated heterocycles. The third kappa shape index (κ3) is 3.37. The number of hydrogen-bond acceptors (Lipinski definition) is 3. The number of rotatable bonds is 5. The third-order valence-corrected chi connectivity index (χ3v) is 3.37. The molecule has 0 fully saturated rings. The number of aryl methyl sites for hydroxylation is 1. The van der Waals surface area contributed by atoms with Gasteiger partial charge in [0.25, 0.3) is 0 Å². The van der Waals surface area contributed by atoms with Crippen LogP contribution < -0.4 is 5.32 Å². The normalized spacial score (nSPS) is 15.1. The van der Waals surface area contributed by atoms with Crippen molar-refractivity contribution in [1.29, 1.82) is 0 Å². The highest BCUT2D eigenvalue weighted by Gasteiger charge is 2.27. The molecule has 104 valence electrons. The second kappa shape index (κ2) is 5.35. The molecule has 19 heavy (non-hydrogen) atoms. The molecule has 2 N–H and O–H groups in total. The molecule has 0 spiro atoms. The molecule has 1 aromatic carbocycles. The van der Waals surface area contributed by atoms with E-state index in [9.17, 15) is 5.11 Å². The lowest BCUT2D eigenvalue weighted by molar-refractivity contribution is 0.0268. The molecule has 0 radical (unpaired) electrons. The Balaban J connectivity index is 2.17. The molecule has 0 saturated carbocycles. The van der Waals surface area contributed by atoms with Gasteiger partial charge in [0, 0.05) is 11.4 Å².